The number of ether oxygens (including phenoxy) is 2. The van der Waals surface area contributed by atoms with Gasteiger partial charge in [0.15, 0.2) is 6.10 Å². The Bertz CT molecular complexity index is 1200. The van der Waals surface area contributed by atoms with E-state index in [2.05, 4.69) is 0 Å². The van der Waals surface area contributed by atoms with Crippen molar-refractivity contribution < 1.29 is 28.3 Å². The maximum Gasteiger partial charge on any atom is 0.266 e. The van der Waals surface area contributed by atoms with E-state index >= 15 is 0 Å². The number of methoxy groups -OCH3 is 2. The number of hydrogen-bond acceptors (Lipinski definition) is 6. The summed E-state index contributed by atoms with van der Waals surface area (Å²) in [5.74, 6) is -1.26. The Kier molecular flexibility index (Phi) is 5.22. The second-order valence-electron chi connectivity index (χ2n) is 7.76. The fraction of sp³-hybridized carbons (Fsp3) is 0.200. The lowest BCUT2D eigenvalue weighted by Gasteiger charge is -2.29. The number of imide groups is 1. The molecule has 0 unspecified atom stereocenters. The maximum absolute atomic E-state index is 13.7. The third-order valence-corrected chi connectivity index (χ3v) is 5.97. The van der Waals surface area contributed by atoms with Crippen molar-refractivity contribution in [3.05, 3.63) is 84.2 Å². The number of benzene rings is 3. The maximum atomic E-state index is 13.7. The molecule has 3 aromatic carbocycles. The van der Waals surface area contributed by atoms with Crippen molar-refractivity contribution in [3.63, 3.8) is 0 Å². The van der Waals surface area contributed by atoms with Crippen LogP contribution in [0, 0.1) is 11.7 Å². The molecule has 2 aliphatic heterocycles. The van der Waals surface area contributed by atoms with Gasteiger partial charge in [0, 0.05) is 6.07 Å². The lowest BCUT2D eigenvalue weighted by atomic mass is 9.90. The Hall–Kier alpha value is -3.91. The molecule has 2 fully saturated rings. The molecule has 0 spiro atoms. The van der Waals surface area contributed by atoms with Crippen molar-refractivity contribution in [2.45, 2.75) is 12.1 Å². The van der Waals surface area contributed by atoms with E-state index in [-0.39, 0.29) is 5.82 Å². The first-order valence-electron chi connectivity index (χ1n) is 10.4. The zero-order chi connectivity index (χ0) is 23.1. The Morgan fingerprint density at radius 1 is 0.879 bits per heavy atom. The molecule has 0 bridgehead atoms. The molecule has 33 heavy (non-hydrogen) atoms. The number of carbonyl (C=O) groups excluding carboxylic acids is 2. The first-order chi connectivity index (χ1) is 16.0. The molecule has 3 aromatic rings. The van der Waals surface area contributed by atoms with Gasteiger partial charge in [-0.05, 0) is 42.0 Å². The molecule has 0 radical (unpaired) electrons. The normalized spacial score (nSPS) is 22.0. The van der Waals surface area contributed by atoms with Crippen LogP contribution in [0.25, 0.3) is 0 Å². The molecule has 2 saturated heterocycles. The molecule has 168 valence electrons. The standard InChI is InChI=1S/C25H21FN2O5/c1-31-18-12-13-19(20(14-18)32-2)27-24(29)21-22(15-8-10-16(26)11-9-15)28(33-23(21)25(27)30)17-6-4-3-5-7-17/h3-14,21-23H,1-2H3/t21-,22+,23+/m1/s1. The van der Waals surface area contributed by atoms with Gasteiger partial charge in [-0.15, -0.1) is 0 Å². The zero-order valence-electron chi connectivity index (χ0n) is 18.0. The van der Waals surface area contributed by atoms with Crippen molar-refractivity contribution >= 4 is 23.2 Å². The van der Waals surface area contributed by atoms with Gasteiger partial charge in [0.25, 0.3) is 5.91 Å². The lowest BCUT2D eigenvalue weighted by molar-refractivity contribution is -0.126. The first-order valence-corrected chi connectivity index (χ1v) is 10.4. The molecule has 0 aromatic heterocycles. The fourth-order valence-corrected chi connectivity index (χ4v) is 4.42. The first kappa shape index (κ1) is 21.0. The number of hydrogen-bond donors (Lipinski definition) is 0. The van der Waals surface area contributed by atoms with Crippen LogP contribution < -0.4 is 19.4 Å². The van der Waals surface area contributed by atoms with Gasteiger partial charge >= 0.3 is 0 Å². The number of carbonyl (C=O) groups is 2. The largest absolute Gasteiger partial charge is 0.497 e. The summed E-state index contributed by atoms with van der Waals surface area (Å²) in [7, 11) is 2.98. The van der Waals surface area contributed by atoms with Crippen LogP contribution >= 0.6 is 0 Å². The number of nitrogens with zero attached hydrogens (tertiary/aromatic N) is 2. The number of fused-ring (bicyclic) bond motifs is 1. The molecule has 0 aliphatic carbocycles. The monoisotopic (exact) mass is 448 g/mol. The van der Waals surface area contributed by atoms with Gasteiger partial charge in [0.2, 0.25) is 5.91 Å². The summed E-state index contributed by atoms with van der Waals surface area (Å²) >= 11 is 0. The summed E-state index contributed by atoms with van der Waals surface area (Å²) in [5, 5.41) is 1.57. The van der Waals surface area contributed by atoms with Gasteiger partial charge in [-0.1, -0.05) is 30.3 Å². The van der Waals surface area contributed by atoms with Crippen LogP contribution in [-0.4, -0.2) is 32.1 Å². The topological polar surface area (TPSA) is 68.3 Å². The van der Waals surface area contributed by atoms with Gasteiger partial charge in [-0.25, -0.2) is 14.4 Å². The van der Waals surface area contributed by atoms with E-state index in [4.69, 9.17) is 14.3 Å². The van der Waals surface area contributed by atoms with Crippen LogP contribution in [0.3, 0.4) is 0 Å². The number of halogens is 1. The van der Waals surface area contributed by atoms with Crippen molar-refractivity contribution in [1.82, 2.24) is 0 Å². The van der Waals surface area contributed by atoms with E-state index < -0.39 is 29.9 Å². The van der Waals surface area contributed by atoms with E-state index in [1.807, 2.05) is 30.3 Å². The molecule has 5 rings (SSSR count). The lowest BCUT2D eigenvalue weighted by Crippen LogP contribution is -2.37. The van der Waals surface area contributed by atoms with E-state index in [1.165, 1.54) is 26.4 Å². The van der Waals surface area contributed by atoms with Gasteiger partial charge < -0.3 is 9.47 Å². The highest BCUT2D eigenvalue weighted by atomic mass is 19.1. The Morgan fingerprint density at radius 2 is 1.61 bits per heavy atom. The SMILES string of the molecule is COc1ccc(N2C(=O)[C@H]3[C@H](ON(c4ccccc4)[C@H]3c3ccc(F)cc3)C2=O)c(OC)c1. The van der Waals surface area contributed by atoms with E-state index in [1.54, 1.807) is 35.4 Å². The highest BCUT2D eigenvalue weighted by molar-refractivity contribution is 6.24. The van der Waals surface area contributed by atoms with Crippen LogP contribution in [0.15, 0.2) is 72.8 Å². The molecule has 3 atom stereocenters. The third kappa shape index (κ3) is 3.39. The predicted octanol–water partition coefficient (Wildman–Crippen LogP) is 3.89. The van der Waals surface area contributed by atoms with E-state index in [9.17, 15) is 14.0 Å². The van der Waals surface area contributed by atoms with Crippen molar-refractivity contribution in [2.24, 2.45) is 5.92 Å². The Labute approximate surface area is 189 Å². The zero-order valence-corrected chi connectivity index (χ0v) is 18.0. The van der Waals surface area contributed by atoms with Crippen molar-refractivity contribution in [2.75, 3.05) is 24.2 Å². The minimum Gasteiger partial charge on any atom is -0.497 e. The van der Waals surface area contributed by atoms with Crippen LogP contribution in [0.5, 0.6) is 11.5 Å². The molecule has 0 saturated carbocycles. The van der Waals surface area contributed by atoms with E-state index in [0.717, 1.165) is 4.90 Å². The smallest absolute Gasteiger partial charge is 0.266 e. The average Bonchev–Trinajstić information content (AvgIpc) is 3.35. The highest BCUT2D eigenvalue weighted by Gasteiger charge is 2.60. The summed E-state index contributed by atoms with van der Waals surface area (Å²) in [6.45, 7) is 0. The minimum atomic E-state index is -1.03. The number of para-hydroxylation sites is 1. The van der Waals surface area contributed by atoms with Gasteiger partial charge in [-0.3, -0.25) is 14.4 Å². The fourth-order valence-electron chi connectivity index (χ4n) is 4.42. The molecule has 7 nitrogen and oxygen atoms in total. The molecule has 0 N–H and O–H groups in total. The second kappa shape index (κ2) is 8.22. The summed E-state index contributed by atoms with van der Waals surface area (Å²) in [5.41, 5.74) is 1.67. The van der Waals surface area contributed by atoms with Crippen LogP contribution in [-0.2, 0) is 14.4 Å². The Balaban J connectivity index is 1.58. The highest BCUT2D eigenvalue weighted by Crippen LogP contribution is 2.48. The minimum absolute atomic E-state index is 0.315. The van der Waals surface area contributed by atoms with Crippen LogP contribution in [0.4, 0.5) is 15.8 Å². The predicted molar refractivity (Wildman–Crippen MR) is 118 cm³/mol. The van der Waals surface area contributed by atoms with Gasteiger partial charge in [-0.2, -0.15) is 0 Å². The average molecular weight is 448 g/mol. The molecular weight excluding hydrogens is 427 g/mol. The summed E-state index contributed by atoms with van der Waals surface area (Å²) < 4.78 is 24.3. The second-order valence-corrected chi connectivity index (χ2v) is 7.76. The summed E-state index contributed by atoms with van der Waals surface area (Å²) in [6.07, 6.45) is -1.03. The molecule has 2 amide bonds. The van der Waals surface area contributed by atoms with Crippen molar-refractivity contribution in [3.8, 4) is 11.5 Å². The molecule has 2 heterocycles. The quantitative estimate of drug-likeness (QED) is 0.552. The Morgan fingerprint density at radius 3 is 2.27 bits per heavy atom. The molecule has 8 heteroatoms. The summed E-state index contributed by atoms with van der Waals surface area (Å²) in [6, 6.07) is 19.3. The number of anilines is 2. The van der Waals surface area contributed by atoms with Crippen molar-refractivity contribution in [1.29, 1.82) is 0 Å². The number of amides is 2. The number of rotatable bonds is 5. The number of hydroxylamine groups is 1. The van der Waals surface area contributed by atoms with Crippen LogP contribution in [0.1, 0.15) is 11.6 Å². The van der Waals surface area contributed by atoms with Gasteiger partial charge in [0.1, 0.15) is 23.2 Å². The van der Waals surface area contributed by atoms with E-state index in [0.29, 0.717) is 28.4 Å². The van der Waals surface area contributed by atoms with Gasteiger partial charge in [0.05, 0.1) is 31.6 Å². The summed E-state index contributed by atoms with van der Waals surface area (Å²) in [4.78, 5) is 34.3. The van der Waals surface area contributed by atoms with Crippen LogP contribution in [0.2, 0.25) is 0 Å². The molecule has 2 aliphatic rings. The third-order valence-electron chi connectivity index (χ3n) is 5.97. The molecular formula is C25H21FN2O5.